The van der Waals surface area contributed by atoms with Crippen LogP contribution in [-0.2, 0) is 5.41 Å². The van der Waals surface area contributed by atoms with Gasteiger partial charge in [-0.2, -0.15) is 0 Å². The third kappa shape index (κ3) is 5.19. The molecule has 69 heavy (non-hydrogen) atoms. The van der Waals surface area contributed by atoms with Gasteiger partial charge in [0.1, 0.15) is 0 Å². The number of aromatic nitrogens is 1. The molecule has 0 radical (unpaired) electrons. The predicted molar refractivity (Wildman–Crippen MR) is 296 cm³/mol. The Hall–Kier alpha value is -8.30. The molecule has 0 bridgehead atoms. The molecule has 0 amide bonds. The zero-order chi connectivity index (χ0) is 45.6. The van der Waals surface area contributed by atoms with Crippen molar-refractivity contribution in [1.29, 1.82) is 0 Å². The summed E-state index contributed by atoms with van der Waals surface area (Å²) in [6.07, 6.45) is 0. The highest BCUT2D eigenvalue weighted by atomic mass is 28.3. The SMILES string of the molecule is CC1(C)c2cc(-c3ccccc3)ccc2-c2ccc(-c3ccc4c(c3)c3ccccc3n4-c3cc4cc5c(c6ccc7cccc3c7c46)[Si](c3ccccc3)(c3ccccc3)c3ccccc3-5)cc21. The largest absolute Gasteiger partial charge is 0.309 e. The molecule has 0 atom stereocenters. The molecule has 15 rings (SSSR count). The van der Waals surface area contributed by atoms with Crippen LogP contribution in [0, 0.1) is 0 Å². The van der Waals surface area contributed by atoms with Crippen molar-refractivity contribution in [1.82, 2.24) is 4.57 Å². The first-order valence-corrected chi connectivity index (χ1v) is 26.3. The van der Waals surface area contributed by atoms with E-state index < -0.39 is 8.07 Å². The molecule has 0 saturated carbocycles. The maximum Gasteiger partial charge on any atom is 0.181 e. The van der Waals surface area contributed by atoms with Crippen LogP contribution in [-0.4, -0.2) is 12.6 Å². The van der Waals surface area contributed by atoms with Gasteiger partial charge in [-0.15, -0.1) is 0 Å². The van der Waals surface area contributed by atoms with Crippen LogP contribution < -0.4 is 20.7 Å². The van der Waals surface area contributed by atoms with Crippen molar-refractivity contribution in [2.75, 3.05) is 0 Å². The summed E-state index contributed by atoms with van der Waals surface area (Å²) in [5.74, 6) is 0. The van der Waals surface area contributed by atoms with Gasteiger partial charge >= 0.3 is 0 Å². The van der Waals surface area contributed by atoms with Crippen molar-refractivity contribution in [3.8, 4) is 50.2 Å². The number of hydrogen-bond donors (Lipinski definition) is 0. The van der Waals surface area contributed by atoms with Gasteiger partial charge in [0.05, 0.1) is 16.7 Å². The van der Waals surface area contributed by atoms with Crippen LogP contribution in [0.25, 0.3) is 104 Å². The van der Waals surface area contributed by atoms with Crippen LogP contribution in [0.15, 0.2) is 237 Å². The summed E-state index contributed by atoms with van der Waals surface area (Å²) >= 11 is 0. The van der Waals surface area contributed by atoms with E-state index in [9.17, 15) is 0 Å². The van der Waals surface area contributed by atoms with E-state index in [4.69, 9.17) is 0 Å². The van der Waals surface area contributed by atoms with Gasteiger partial charge in [-0.05, 0) is 146 Å². The molecular formula is C67H45NSi. The molecule has 0 unspecified atom stereocenters. The average molecular weight is 892 g/mol. The number of nitrogens with zero attached hydrogens (tertiary/aromatic N) is 1. The van der Waals surface area contributed by atoms with Gasteiger partial charge in [0.25, 0.3) is 0 Å². The smallest absolute Gasteiger partial charge is 0.181 e. The van der Waals surface area contributed by atoms with E-state index in [1.165, 1.54) is 136 Å². The van der Waals surface area contributed by atoms with Crippen LogP contribution in [0.2, 0.25) is 0 Å². The maximum atomic E-state index is 2.55. The lowest BCUT2D eigenvalue weighted by Gasteiger charge is -2.32. The second kappa shape index (κ2) is 14.1. The Morgan fingerprint density at radius 1 is 0.348 bits per heavy atom. The molecule has 1 aromatic heterocycles. The highest BCUT2D eigenvalue weighted by Gasteiger charge is 2.50. The fourth-order valence-electron chi connectivity index (χ4n) is 13.1. The molecule has 2 heterocycles. The summed E-state index contributed by atoms with van der Waals surface area (Å²) in [5, 5.41) is 16.3. The minimum absolute atomic E-state index is 0.131. The Morgan fingerprint density at radius 2 is 0.928 bits per heavy atom. The number of rotatable bonds is 5. The number of para-hydroxylation sites is 1. The van der Waals surface area contributed by atoms with Crippen LogP contribution in [0.1, 0.15) is 25.0 Å². The van der Waals surface area contributed by atoms with Gasteiger partial charge in [0.15, 0.2) is 8.07 Å². The average Bonchev–Trinajstić information content (AvgIpc) is 3.98. The fourth-order valence-corrected chi connectivity index (χ4v) is 18.5. The van der Waals surface area contributed by atoms with Crippen LogP contribution in [0.3, 0.4) is 0 Å². The predicted octanol–water partition coefficient (Wildman–Crippen LogP) is 14.7. The van der Waals surface area contributed by atoms with E-state index in [1.54, 1.807) is 0 Å². The third-order valence-corrected chi connectivity index (χ3v) is 21.1. The molecule has 322 valence electrons. The normalized spacial score (nSPS) is 14.2. The zero-order valence-electron chi connectivity index (χ0n) is 38.5. The summed E-state index contributed by atoms with van der Waals surface area (Å²) in [5.41, 5.74) is 16.7. The first-order chi connectivity index (χ1) is 34.0. The van der Waals surface area contributed by atoms with E-state index in [1.807, 2.05) is 0 Å². The Labute approximate surface area is 402 Å². The monoisotopic (exact) mass is 891 g/mol. The summed E-state index contributed by atoms with van der Waals surface area (Å²) < 4.78 is 2.55. The van der Waals surface area contributed by atoms with E-state index >= 15 is 0 Å². The Bertz CT molecular complexity index is 4220. The van der Waals surface area contributed by atoms with Gasteiger partial charge in [-0.1, -0.05) is 208 Å². The van der Waals surface area contributed by atoms with Gasteiger partial charge in [0, 0.05) is 21.6 Å². The van der Waals surface area contributed by atoms with Crippen molar-refractivity contribution in [2.24, 2.45) is 0 Å². The molecule has 0 fully saturated rings. The minimum Gasteiger partial charge on any atom is -0.309 e. The lowest BCUT2D eigenvalue weighted by molar-refractivity contribution is 0.661. The van der Waals surface area contributed by atoms with Crippen LogP contribution in [0.4, 0.5) is 0 Å². The topological polar surface area (TPSA) is 4.93 Å². The Balaban J connectivity index is 0.938. The highest BCUT2D eigenvalue weighted by Crippen LogP contribution is 2.51. The van der Waals surface area contributed by atoms with E-state index in [0.29, 0.717) is 0 Å². The summed E-state index contributed by atoms with van der Waals surface area (Å²) in [7, 11) is -2.74. The molecule has 12 aromatic carbocycles. The molecule has 1 nitrogen and oxygen atoms in total. The second-order valence-electron chi connectivity index (χ2n) is 19.9. The van der Waals surface area contributed by atoms with E-state index in [2.05, 4.69) is 255 Å². The summed E-state index contributed by atoms with van der Waals surface area (Å²) in [6, 6.07) is 90.0. The molecule has 0 saturated heterocycles. The first kappa shape index (κ1) is 38.8. The van der Waals surface area contributed by atoms with Crippen molar-refractivity contribution in [2.45, 2.75) is 19.3 Å². The molecule has 13 aromatic rings. The fraction of sp³-hybridized carbons (Fsp3) is 0.0448. The summed E-state index contributed by atoms with van der Waals surface area (Å²) in [4.78, 5) is 0. The van der Waals surface area contributed by atoms with Gasteiger partial charge in [0.2, 0.25) is 0 Å². The molecule has 1 aliphatic carbocycles. The van der Waals surface area contributed by atoms with Crippen LogP contribution >= 0.6 is 0 Å². The van der Waals surface area contributed by atoms with E-state index in [-0.39, 0.29) is 5.41 Å². The molecule has 0 spiro atoms. The van der Waals surface area contributed by atoms with E-state index in [0.717, 1.165) is 0 Å². The molecule has 0 N–H and O–H groups in total. The van der Waals surface area contributed by atoms with Crippen molar-refractivity contribution < 1.29 is 0 Å². The quantitative estimate of drug-likeness (QED) is 0.120. The summed E-state index contributed by atoms with van der Waals surface area (Å²) in [6.45, 7) is 4.78. The second-order valence-corrected chi connectivity index (χ2v) is 23.6. The van der Waals surface area contributed by atoms with Crippen LogP contribution in [0.5, 0.6) is 0 Å². The molecule has 2 heteroatoms. The van der Waals surface area contributed by atoms with Gasteiger partial charge in [-0.25, -0.2) is 0 Å². The minimum atomic E-state index is -2.74. The van der Waals surface area contributed by atoms with Crippen molar-refractivity contribution in [3.63, 3.8) is 0 Å². The number of fused-ring (bicyclic) bond motifs is 10. The third-order valence-electron chi connectivity index (χ3n) is 16.2. The van der Waals surface area contributed by atoms with Gasteiger partial charge < -0.3 is 4.57 Å². The molecule has 1 aliphatic heterocycles. The highest BCUT2D eigenvalue weighted by molar-refractivity contribution is 7.23. The van der Waals surface area contributed by atoms with Crippen molar-refractivity contribution in [3.05, 3.63) is 248 Å². The molecule has 2 aliphatic rings. The Kier molecular flexibility index (Phi) is 7.93. The van der Waals surface area contributed by atoms with Crippen molar-refractivity contribution >= 4 is 82.9 Å². The number of benzene rings is 12. The lowest BCUT2D eigenvalue weighted by atomic mass is 9.81. The zero-order valence-corrected chi connectivity index (χ0v) is 39.5. The molecular weight excluding hydrogens is 847 g/mol. The van der Waals surface area contributed by atoms with Gasteiger partial charge in [-0.3, -0.25) is 0 Å². The Morgan fingerprint density at radius 3 is 1.67 bits per heavy atom. The first-order valence-electron chi connectivity index (χ1n) is 24.3. The lowest BCUT2D eigenvalue weighted by Crippen LogP contribution is -2.73. The standard InChI is InChI=1S/C67H45NSi/c1-67(2)58-39-45(42-17-6-3-7-18-42)30-33-50(58)51-34-31-46(40-59(51)67)44-32-36-61-56(37-44)52-24-12-14-27-60(52)68(61)62-41-47-38-57-53-25-13-15-28-63(53)69(48-20-8-4-9-21-48,49-22-10-5-11-23-49)66(57)55-35-29-43-19-16-26-54(62)64(43)65(47)55/h3-41H,1-2H3. The number of hydrogen-bond acceptors (Lipinski definition) is 0. The maximum absolute atomic E-state index is 2.74.